The molecule has 2 heteroatoms. The molecule has 16 heavy (non-hydrogen) atoms. The largest absolute Gasteiger partial charge is 0.396 e. The van der Waals surface area contributed by atoms with Gasteiger partial charge in [-0.2, -0.15) is 0 Å². The summed E-state index contributed by atoms with van der Waals surface area (Å²) in [5.41, 5.74) is 5.41. The van der Waals surface area contributed by atoms with Crippen LogP contribution in [0.4, 0.5) is 5.69 Å². The Morgan fingerprint density at radius 2 is 1.88 bits per heavy atom. The number of para-hydroxylation sites is 1. The van der Waals surface area contributed by atoms with E-state index >= 15 is 0 Å². The molecule has 2 rings (SSSR count). The van der Waals surface area contributed by atoms with E-state index in [9.17, 15) is 0 Å². The van der Waals surface area contributed by atoms with Crippen molar-refractivity contribution in [1.82, 2.24) is 0 Å². The molecular weight excluding hydrogens is 198 g/mol. The zero-order valence-corrected chi connectivity index (χ0v) is 10.4. The zero-order valence-electron chi connectivity index (χ0n) is 10.4. The third kappa shape index (κ3) is 3.38. The SMILES string of the molecule is CC1=C(C)Nc2ccccc2C1.CCCO. The summed E-state index contributed by atoms with van der Waals surface area (Å²) in [5, 5.41) is 11.3. The van der Waals surface area contributed by atoms with Gasteiger partial charge in [0.2, 0.25) is 0 Å². The number of hydrogen-bond donors (Lipinski definition) is 2. The lowest BCUT2D eigenvalue weighted by atomic mass is 9.99. The van der Waals surface area contributed by atoms with Crippen LogP contribution in [0.25, 0.3) is 0 Å². The van der Waals surface area contributed by atoms with Crippen LogP contribution in [0.2, 0.25) is 0 Å². The van der Waals surface area contributed by atoms with Crippen molar-refractivity contribution in [1.29, 1.82) is 0 Å². The van der Waals surface area contributed by atoms with Crippen molar-refractivity contribution in [2.45, 2.75) is 33.6 Å². The molecule has 1 heterocycles. The molecule has 0 aromatic heterocycles. The van der Waals surface area contributed by atoms with E-state index in [1.54, 1.807) is 0 Å². The van der Waals surface area contributed by atoms with Gasteiger partial charge in [0, 0.05) is 18.0 Å². The lowest BCUT2D eigenvalue weighted by Gasteiger charge is -2.20. The molecule has 0 unspecified atom stereocenters. The van der Waals surface area contributed by atoms with E-state index in [1.165, 1.54) is 22.5 Å². The van der Waals surface area contributed by atoms with Crippen LogP contribution in [0.1, 0.15) is 32.8 Å². The van der Waals surface area contributed by atoms with Crippen molar-refractivity contribution in [3.63, 3.8) is 0 Å². The van der Waals surface area contributed by atoms with Crippen LogP contribution in [0.3, 0.4) is 0 Å². The number of hydrogen-bond acceptors (Lipinski definition) is 2. The summed E-state index contributed by atoms with van der Waals surface area (Å²) in [5.74, 6) is 0. The van der Waals surface area contributed by atoms with Gasteiger partial charge < -0.3 is 10.4 Å². The Hall–Kier alpha value is -1.28. The van der Waals surface area contributed by atoms with Gasteiger partial charge in [0.1, 0.15) is 0 Å². The first-order valence-corrected chi connectivity index (χ1v) is 5.81. The predicted octanol–water partition coefficient (Wildman–Crippen LogP) is 3.34. The fourth-order valence-corrected chi connectivity index (χ4v) is 1.52. The first kappa shape index (κ1) is 12.8. The quantitative estimate of drug-likeness (QED) is 0.759. The van der Waals surface area contributed by atoms with Gasteiger partial charge in [-0.1, -0.05) is 25.1 Å². The number of fused-ring (bicyclic) bond motifs is 1. The highest BCUT2D eigenvalue weighted by Crippen LogP contribution is 2.26. The van der Waals surface area contributed by atoms with E-state index in [2.05, 4.69) is 43.4 Å². The van der Waals surface area contributed by atoms with Crippen LogP contribution in [0, 0.1) is 0 Å². The van der Waals surface area contributed by atoms with Crippen molar-refractivity contribution < 1.29 is 5.11 Å². The van der Waals surface area contributed by atoms with Crippen molar-refractivity contribution in [2.24, 2.45) is 0 Å². The van der Waals surface area contributed by atoms with Gasteiger partial charge in [-0.25, -0.2) is 0 Å². The summed E-state index contributed by atoms with van der Waals surface area (Å²) in [6.45, 7) is 6.56. The second kappa shape index (κ2) is 6.33. The minimum atomic E-state index is 0.319. The van der Waals surface area contributed by atoms with E-state index < -0.39 is 0 Å². The second-order valence-corrected chi connectivity index (χ2v) is 4.09. The summed E-state index contributed by atoms with van der Waals surface area (Å²) in [7, 11) is 0. The monoisotopic (exact) mass is 219 g/mol. The molecule has 0 fully saturated rings. The Balaban J connectivity index is 0.000000280. The number of nitrogens with one attached hydrogen (secondary N) is 1. The number of aliphatic hydroxyl groups is 1. The summed E-state index contributed by atoms with van der Waals surface area (Å²) < 4.78 is 0. The number of allylic oxidation sites excluding steroid dienone is 2. The van der Waals surface area contributed by atoms with Crippen LogP contribution in [0.5, 0.6) is 0 Å². The van der Waals surface area contributed by atoms with Crippen LogP contribution >= 0.6 is 0 Å². The molecule has 0 amide bonds. The van der Waals surface area contributed by atoms with Gasteiger partial charge in [0.05, 0.1) is 0 Å². The van der Waals surface area contributed by atoms with Crippen molar-refractivity contribution in [3.8, 4) is 0 Å². The summed E-state index contributed by atoms with van der Waals surface area (Å²) in [4.78, 5) is 0. The maximum atomic E-state index is 7.88. The van der Waals surface area contributed by atoms with Crippen LogP contribution in [-0.2, 0) is 6.42 Å². The zero-order chi connectivity index (χ0) is 12.0. The molecule has 0 saturated heterocycles. The molecule has 1 aromatic carbocycles. The topological polar surface area (TPSA) is 32.3 Å². The third-order valence-corrected chi connectivity index (χ3v) is 2.66. The van der Waals surface area contributed by atoms with Gasteiger partial charge >= 0.3 is 0 Å². The number of benzene rings is 1. The third-order valence-electron chi connectivity index (χ3n) is 2.66. The molecule has 0 aliphatic carbocycles. The highest BCUT2D eigenvalue weighted by atomic mass is 16.2. The van der Waals surface area contributed by atoms with Gasteiger partial charge in [0.15, 0.2) is 0 Å². The highest BCUT2D eigenvalue weighted by Gasteiger charge is 2.09. The van der Waals surface area contributed by atoms with Crippen molar-refractivity contribution in [2.75, 3.05) is 11.9 Å². The average Bonchev–Trinajstić information content (AvgIpc) is 2.31. The minimum absolute atomic E-state index is 0.319. The lowest BCUT2D eigenvalue weighted by Crippen LogP contribution is -2.08. The molecule has 0 radical (unpaired) electrons. The fourth-order valence-electron chi connectivity index (χ4n) is 1.52. The molecule has 0 spiro atoms. The standard InChI is InChI=1S/C11H13N.C3H8O/c1-8-7-10-5-3-4-6-11(10)12-9(8)2;1-2-3-4/h3-6,12H,7H2,1-2H3;4H,2-3H2,1H3. The highest BCUT2D eigenvalue weighted by molar-refractivity contribution is 5.59. The van der Waals surface area contributed by atoms with Crippen LogP contribution in [-0.4, -0.2) is 11.7 Å². The maximum absolute atomic E-state index is 7.88. The summed E-state index contributed by atoms with van der Waals surface area (Å²) in [6, 6.07) is 8.47. The fraction of sp³-hybridized carbons (Fsp3) is 0.429. The molecular formula is C14H21NO. The molecule has 2 N–H and O–H groups in total. The van der Waals surface area contributed by atoms with E-state index in [1.807, 2.05) is 6.92 Å². The molecule has 1 aliphatic rings. The Morgan fingerprint density at radius 3 is 2.50 bits per heavy atom. The van der Waals surface area contributed by atoms with E-state index in [0.717, 1.165) is 12.8 Å². The first-order chi connectivity index (χ1) is 7.69. The Morgan fingerprint density at radius 1 is 1.25 bits per heavy atom. The van der Waals surface area contributed by atoms with E-state index in [0.29, 0.717) is 6.61 Å². The van der Waals surface area contributed by atoms with E-state index in [-0.39, 0.29) is 0 Å². The molecule has 1 aromatic rings. The lowest BCUT2D eigenvalue weighted by molar-refractivity contribution is 0.295. The molecule has 88 valence electrons. The summed E-state index contributed by atoms with van der Waals surface area (Å²) >= 11 is 0. The van der Waals surface area contributed by atoms with Gasteiger partial charge in [-0.05, 0) is 43.9 Å². The van der Waals surface area contributed by atoms with Crippen LogP contribution < -0.4 is 5.32 Å². The molecule has 0 bridgehead atoms. The minimum Gasteiger partial charge on any atom is -0.396 e. The molecule has 1 aliphatic heterocycles. The molecule has 0 atom stereocenters. The Bertz CT molecular complexity index is 334. The van der Waals surface area contributed by atoms with E-state index in [4.69, 9.17) is 5.11 Å². The molecule has 0 saturated carbocycles. The predicted molar refractivity (Wildman–Crippen MR) is 69.5 cm³/mol. The number of rotatable bonds is 1. The normalized spacial score (nSPS) is 13.5. The van der Waals surface area contributed by atoms with Crippen LogP contribution in [0.15, 0.2) is 35.5 Å². The average molecular weight is 219 g/mol. The Labute approximate surface area is 98.0 Å². The van der Waals surface area contributed by atoms with Gasteiger partial charge in [-0.3, -0.25) is 0 Å². The smallest absolute Gasteiger partial charge is 0.0428 e. The van der Waals surface area contributed by atoms with Gasteiger partial charge in [-0.15, -0.1) is 0 Å². The maximum Gasteiger partial charge on any atom is 0.0428 e. The number of aliphatic hydroxyl groups excluding tert-OH is 1. The Kier molecular flexibility index (Phi) is 5.06. The summed E-state index contributed by atoms with van der Waals surface area (Å²) in [6.07, 6.45) is 1.97. The van der Waals surface area contributed by atoms with Crippen molar-refractivity contribution in [3.05, 3.63) is 41.1 Å². The number of anilines is 1. The second-order valence-electron chi connectivity index (χ2n) is 4.09. The van der Waals surface area contributed by atoms with Crippen molar-refractivity contribution >= 4 is 5.69 Å². The van der Waals surface area contributed by atoms with Gasteiger partial charge in [0.25, 0.3) is 0 Å². The molecule has 2 nitrogen and oxygen atoms in total. The first-order valence-electron chi connectivity index (χ1n) is 5.81.